The van der Waals surface area contributed by atoms with Crippen molar-refractivity contribution in [1.29, 1.82) is 0 Å². The second kappa shape index (κ2) is 9.00. The molecular weight excluding hydrogens is 376 g/mol. The van der Waals surface area contributed by atoms with Gasteiger partial charge in [0.1, 0.15) is 5.76 Å². The lowest BCUT2D eigenvalue weighted by Gasteiger charge is -2.23. The molecule has 3 rings (SSSR count). The smallest absolute Gasteiger partial charge is 0.337 e. The summed E-state index contributed by atoms with van der Waals surface area (Å²) in [5, 5.41) is 13.8. The van der Waals surface area contributed by atoms with Crippen molar-refractivity contribution < 1.29 is 28.8 Å². The Balaban J connectivity index is 1.59. The van der Waals surface area contributed by atoms with Crippen LogP contribution in [-0.4, -0.2) is 58.6 Å². The number of aliphatic hydroxyl groups is 1. The fourth-order valence-corrected chi connectivity index (χ4v) is 3.50. The number of carbonyl (C=O) groups excluding carboxylic acids is 3. The van der Waals surface area contributed by atoms with Crippen LogP contribution < -0.4 is 0 Å². The van der Waals surface area contributed by atoms with Gasteiger partial charge >= 0.3 is 5.97 Å². The number of aliphatic hydroxyl groups excluding tert-OH is 1. The van der Waals surface area contributed by atoms with Crippen LogP contribution in [0, 0.1) is 6.92 Å². The molecule has 1 amide bonds. The molecule has 1 saturated heterocycles. The third-order valence-corrected chi connectivity index (χ3v) is 5.01. The minimum Gasteiger partial charge on any atom is -0.465 e. The molecule has 0 saturated carbocycles. The molecule has 8 nitrogen and oxygen atoms in total. The van der Waals surface area contributed by atoms with E-state index < -0.39 is 18.1 Å². The topological polar surface area (TPSA) is 110 Å². The zero-order valence-electron chi connectivity index (χ0n) is 16.5. The van der Waals surface area contributed by atoms with Crippen LogP contribution in [0.15, 0.2) is 34.9 Å². The number of β-amino-alcohol motifs (C(OH)–C–C–N with tert-alkyl or cyclic N) is 1. The number of aryl methyl sites for hydroxylation is 2. The molecule has 8 heteroatoms. The number of benzene rings is 1. The molecule has 154 valence electrons. The molecule has 1 N–H and O–H groups in total. The van der Waals surface area contributed by atoms with Gasteiger partial charge in [-0.05, 0) is 31.0 Å². The summed E-state index contributed by atoms with van der Waals surface area (Å²) in [5.41, 5.74) is 2.03. The first-order valence-corrected chi connectivity index (χ1v) is 9.47. The zero-order chi connectivity index (χ0) is 21.0. The standard InChI is InChI=1S/C21H24N2O6/c1-13-9-17(29-22-13)11-20(26)23-12-16(24)10-18(23)19(25)8-5-14-3-6-15(7-4-14)21(27)28-2/h3-4,6-7,9,16,18,24H,5,8,10-12H2,1-2H3/t16-,18+/m1/s1. The van der Waals surface area contributed by atoms with E-state index in [0.29, 0.717) is 23.4 Å². The number of Topliss-reactive ketones (excluding diaryl/α,β-unsaturated/α-hetero) is 1. The number of amides is 1. The zero-order valence-corrected chi connectivity index (χ0v) is 16.5. The average Bonchev–Trinajstić information content (AvgIpc) is 3.31. The van der Waals surface area contributed by atoms with Gasteiger partial charge in [-0.15, -0.1) is 0 Å². The maximum Gasteiger partial charge on any atom is 0.337 e. The number of likely N-dealkylation sites (tertiary alicyclic amines) is 1. The molecule has 0 aliphatic carbocycles. The van der Waals surface area contributed by atoms with Crippen molar-refractivity contribution in [2.24, 2.45) is 0 Å². The fraction of sp³-hybridized carbons (Fsp3) is 0.429. The van der Waals surface area contributed by atoms with Crippen molar-refractivity contribution >= 4 is 17.7 Å². The third kappa shape index (κ3) is 5.08. The van der Waals surface area contributed by atoms with Gasteiger partial charge < -0.3 is 19.3 Å². The van der Waals surface area contributed by atoms with Crippen molar-refractivity contribution in [3.63, 3.8) is 0 Å². The molecule has 0 bridgehead atoms. The number of ketones is 1. The maximum atomic E-state index is 12.7. The van der Waals surface area contributed by atoms with E-state index in [0.717, 1.165) is 5.56 Å². The quantitative estimate of drug-likeness (QED) is 0.701. The normalized spacial score (nSPS) is 18.7. The Labute approximate surface area is 168 Å². The van der Waals surface area contributed by atoms with Gasteiger partial charge in [0.2, 0.25) is 5.91 Å². The summed E-state index contributed by atoms with van der Waals surface area (Å²) in [6, 6.07) is 7.89. The van der Waals surface area contributed by atoms with Crippen molar-refractivity contribution in [2.75, 3.05) is 13.7 Å². The number of ether oxygens (including phenoxy) is 1. The highest BCUT2D eigenvalue weighted by Gasteiger charge is 2.38. The van der Waals surface area contributed by atoms with E-state index in [2.05, 4.69) is 9.89 Å². The van der Waals surface area contributed by atoms with Crippen LogP contribution in [0.1, 0.15) is 40.2 Å². The molecular formula is C21H24N2O6. The van der Waals surface area contributed by atoms with Crippen LogP contribution in [0.4, 0.5) is 0 Å². The Kier molecular flexibility index (Phi) is 6.43. The van der Waals surface area contributed by atoms with Crippen molar-refractivity contribution in [1.82, 2.24) is 10.1 Å². The van der Waals surface area contributed by atoms with Crippen LogP contribution in [0.3, 0.4) is 0 Å². The summed E-state index contributed by atoms with van der Waals surface area (Å²) in [6.45, 7) is 1.90. The van der Waals surface area contributed by atoms with Gasteiger partial charge in [0.05, 0.1) is 36.9 Å². The minimum atomic E-state index is -0.719. The number of hydrogen-bond acceptors (Lipinski definition) is 7. The Morgan fingerprint density at radius 1 is 1.28 bits per heavy atom. The number of esters is 1. The highest BCUT2D eigenvalue weighted by atomic mass is 16.5. The average molecular weight is 400 g/mol. The Bertz CT molecular complexity index is 889. The molecule has 2 atom stereocenters. The van der Waals surface area contributed by atoms with E-state index in [4.69, 9.17) is 4.52 Å². The van der Waals surface area contributed by atoms with Gasteiger partial charge in [0.15, 0.2) is 5.78 Å². The number of rotatable bonds is 7. The number of hydrogen-bond donors (Lipinski definition) is 1. The summed E-state index contributed by atoms with van der Waals surface area (Å²) >= 11 is 0. The first kappa shape index (κ1) is 20.7. The second-order valence-corrected chi connectivity index (χ2v) is 7.22. The van der Waals surface area contributed by atoms with E-state index in [1.807, 2.05) is 0 Å². The SMILES string of the molecule is COC(=O)c1ccc(CCC(=O)[C@@H]2C[C@@H](O)CN2C(=O)Cc2cc(C)no2)cc1. The maximum absolute atomic E-state index is 12.7. The summed E-state index contributed by atoms with van der Waals surface area (Å²) in [5.74, 6) is -0.339. The molecule has 2 aromatic rings. The summed E-state index contributed by atoms with van der Waals surface area (Å²) < 4.78 is 9.74. The van der Waals surface area contributed by atoms with E-state index in [9.17, 15) is 19.5 Å². The van der Waals surface area contributed by atoms with Crippen LogP contribution in [0.2, 0.25) is 0 Å². The van der Waals surface area contributed by atoms with Gasteiger partial charge in [-0.1, -0.05) is 17.3 Å². The molecule has 1 aliphatic heterocycles. The molecule has 1 aromatic carbocycles. The Morgan fingerprint density at radius 3 is 2.62 bits per heavy atom. The molecule has 29 heavy (non-hydrogen) atoms. The summed E-state index contributed by atoms with van der Waals surface area (Å²) in [7, 11) is 1.32. The molecule has 1 aliphatic rings. The first-order chi connectivity index (χ1) is 13.9. The van der Waals surface area contributed by atoms with Crippen LogP contribution in [0.5, 0.6) is 0 Å². The first-order valence-electron chi connectivity index (χ1n) is 9.47. The molecule has 1 aromatic heterocycles. The van der Waals surface area contributed by atoms with E-state index in [-0.39, 0.29) is 37.5 Å². The number of carbonyl (C=O) groups is 3. The molecule has 1 fully saturated rings. The lowest BCUT2D eigenvalue weighted by atomic mass is 10.0. The molecule has 0 radical (unpaired) electrons. The van der Waals surface area contributed by atoms with Crippen molar-refractivity contribution in [2.45, 2.75) is 44.8 Å². The van der Waals surface area contributed by atoms with E-state index in [1.165, 1.54) is 12.0 Å². The Morgan fingerprint density at radius 2 is 2.00 bits per heavy atom. The lowest BCUT2D eigenvalue weighted by Crippen LogP contribution is -2.41. The predicted octanol–water partition coefficient (Wildman–Crippen LogP) is 1.48. The second-order valence-electron chi connectivity index (χ2n) is 7.22. The lowest BCUT2D eigenvalue weighted by molar-refractivity contribution is -0.137. The monoisotopic (exact) mass is 400 g/mol. The van der Waals surface area contributed by atoms with E-state index in [1.54, 1.807) is 37.3 Å². The van der Waals surface area contributed by atoms with Crippen LogP contribution in [-0.2, 0) is 27.2 Å². The van der Waals surface area contributed by atoms with Gasteiger partial charge in [-0.3, -0.25) is 9.59 Å². The molecule has 2 heterocycles. The largest absolute Gasteiger partial charge is 0.465 e. The van der Waals surface area contributed by atoms with E-state index >= 15 is 0 Å². The highest BCUT2D eigenvalue weighted by molar-refractivity contribution is 5.91. The summed E-state index contributed by atoms with van der Waals surface area (Å²) in [4.78, 5) is 38.3. The van der Waals surface area contributed by atoms with Gasteiger partial charge in [-0.25, -0.2) is 4.79 Å². The summed E-state index contributed by atoms with van der Waals surface area (Å²) in [6.07, 6.45) is 0.243. The van der Waals surface area contributed by atoms with Gasteiger partial charge in [0, 0.05) is 25.5 Å². The van der Waals surface area contributed by atoms with Crippen molar-refractivity contribution in [3.8, 4) is 0 Å². The van der Waals surface area contributed by atoms with Crippen molar-refractivity contribution in [3.05, 3.63) is 52.9 Å². The number of aromatic nitrogens is 1. The Hall–Kier alpha value is -3.00. The highest BCUT2D eigenvalue weighted by Crippen LogP contribution is 2.22. The minimum absolute atomic E-state index is 0.00628. The predicted molar refractivity (Wildman–Crippen MR) is 102 cm³/mol. The molecule has 0 spiro atoms. The molecule has 0 unspecified atom stereocenters. The number of methoxy groups -OCH3 is 1. The van der Waals surface area contributed by atoms with Gasteiger partial charge in [-0.2, -0.15) is 0 Å². The number of nitrogens with zero attached hydrogens (tertiary/aromatic N) is 2. The fourth-order valence-electron chi connectivity index (χ4n) is 3.50. The third-order valence-electron chi connectivity index (χ3n) is 5.01. The van der Waals surface area contributed by atoms with Crippen LogP contribution >= 0.6 is 0 Å². The van der Waals surface area contributed by atoms with Gasteiger partial charge in [0.25, 0.3) is 0 Å². The van der Waals surface area contributed by atoms with Crippen LogP contribution in [0.25, 0.3) is 0 Å².